The van der Waals surface area contributed by atoms with Crippen molar-refractivity contribution in [1.29, 1.82) is 0 Å². The lowest BCUT2D eigenvalue weighted by molar-refractivity contribution is -0.118. The zero-order valence-corrected chi connectivity index (χ0v) is 16.9. The Bertz CT molecular complexity index is 675. The molecule has 0 aliphatic carbocycles. The molecule has 154 valence electrons. The lowest BCUT2D eigenvalue weighted by Gasteiger charge is -2.35. The molecule has 0 spiro atoms. The van der Waals surface area contributed by atoms with E-state index in [1.165, 1.54) is 5.56 Å². The van der Waals surface area contributed by atoms with Crippen molar-refractivity contribution < 1.29 is 9.53 Å². The van der Waals surface area contributed by atoms with Crippen LogP contribution in [-0.4, -0.2) is 56.4 Å². The van der Waals surface area contributed by atoms with Crippen LogP contribution in [0.2, 0.25) is 0 Å². The van der Waals surface area contributed by atoms with Crippen molar-refractivity contribution in [3.05, 3.63) is 59.3 Å². The largest absolute Gasteiger partial charge is 0.400 e. The maximum Gasteiger partial charge on any atom is 0.247 e. The van der Waals surface area contributed by atoms with Crippen LogP contribution in [0.25, 0.3) is 0 Å². The molecule has 2 unspecified atom stereocenters. The normalized spacial score (nSPS) is 20.0. The third-order valence-corrected chi connectivity index (χ3v) is 4.90. The number of nitrogens with two attached hydrogens (primary N) is 2. The summed E-state index contributed by atoms with van der Waals surface area (Å²) in [5.41, 5.74) is 14.1. The fraction of sp³-hybridized carbons (Fsp3) is 0.476. The van der Waals surface area contributed by atoms with E-state index in [9.17, 15) is 4.79 Å². The van der Waals surface area contributed by atoms with E-state index in [2.05, 4.69) is 27.7 Å². The summed E-state index contributed by atoms with van der Waals surface area (Å²) in [4.78, 5) is 14.9. The number of carbonyl (C=O) groups is 1. The Labute approximate surface area is 167 Å². The second kappa shape index (κ2) is 11.6. The fourth-order valence-electron chi connectivity index (χ4n) is 3.05. The second-order valence-corrected chi connectivity index (χ2v) is 6.87. The van der Waals surface area contributed by atoms with Crippen LogP contribution in [0.3, 0.4) is 0 Å². The molecule has 7 nitrogen and oxygen atoms in total. The van der Waals surface area contributed by atoms with Gasteiger partial charge in [0.05, 0.1) is 25.4 Å². The summed E-state index contributed by atoms with van der Waals surface area (Å²) in [5, 5.41) is 5.90. The van der Waals surface area contributed by atoms with Crippen LogP contribution in [0.15, 0.2) is 53.8 Å². The summed E-state index contributed by atoms with van der Waals surface area (Å²) in [6, 6.07) is 10.5. The first-order valence-corrected chi connectivity index (χ1v) is 9.78. The van der Waals surface area contributed by atoms with Crippen LogP contribution < -0.4 is 22.1 Å². The Kier molecular flexibility index (Phi) is 9.16. The Balaban J connectivity index is 1.94. The number of rotatable bonds is 9. The van der Waals surface area contributed by atoms with Crippen LogP contribution in [0.1, 0.15) is 18.9 Å². The number of amides is 1. The van der Waals surface area contributed by atoms with E-state index < -0.39 is 6.17 Å². The van der Waals surface area contributed by atoms with Gasteiger partial charge in [-0.2, -0.15) is 0 Å². The Morgan fingerprint density at radius 3 is 2.79 bits per heavy atom. The molecule has 1 amide bonds. The lowest BCUT2D eigenvalue weighted by Crippen LogP contribution is -2.50. The van der Waals surface area contributed by atoms with Gasteiger partial charge in [0.25, 0.3) is 0 Å². The molecule has 1 saturated heterocycles. The first-order chi connectivity index (χ1) is 13.5. The second-order valence-electron chi connectivity index (χ2n) is 6.87. The quantitative estimate of drug-likeness (QED) is 0.282. The maximum atomic E-state index is 12.6. The molecule has 1 aliphatic rings. The predicted molar refractivity (Wildman–Crippen MR) is 112 cm³/mol. The number of nitrogens with zero attached hydrogens (tertiary/aromatic N) is 1. The average molecular weight is 388 g/mol. The number of hydrogen-bond acceptors (Lipinski definition) is 6. The minimum atomic E-state index is -0.427. The van der Waals surface area contributed by atoms with Gasteiger partial charge in [0.15, 0.2) is 0 Å². The van der Waals surface area contributed by atoms with Crippen LogP contribution in [0.5, 0.6) is 0 Å². The van der Waals surface area contributed by atoms with Crippen molar-refractivity contribution in [3.63, 3.8) is 0 Å². The molecular weight excluding hydrogens is 354 g/mol. The molecule has 1 aliphatic heterocycles. The summed E-state index contributed by atoms with van der Waals surface area (Å²) in [5.74, 6) is -0.0881. The molecular formula is C21H33N5O2. The molecule has 1 aromatic carbocycles. The predicted octanol–water partition coefficient (Wildman–Crippen LogP) is 0.687. The van der Waals surface area contributed by atoms with Gasteiger partial charge in [-0.3, -0.25) is 9.69 Å². The maximum absolute atomic E-state index is 12.6. The highest BCUT2D eigenvalue weighted by Gasteiger charge is 2.23. The van der Waals surface area contributed by atoms with Gasteiger partial charge in [0.2, 0.25) is 5.91 Å². The molecule has 0 radical (unpaired) electrons. The summed E-state index contributed by atoms with van der Waals surface area (Å²) in [7, 11) is 1.73. The monoisotopic (exact) mass is 387 g/mol. The Morgan fingerprint density at radius 2 is 2.11 bits per heavy atom. The van der Waals surface area contributed by atoms with E-state index in [1.807, 2.05) is 25.1 Å². The number of nitrogens with one attached hydrogen (secondary N) is 2. The number of benzene rings is 1. The van der Waals surface area contributed by atoms with E-state index in [4.69, 9.17) is 16.2 Å². The number of likely N-dealkylation sites (N-methyl/N-ethyl adjacent to an activating group) is 1. The number of hydrogen-bond donors (Lipinski definition) is 4. The molecule has 6 N–H and O–H groups in total. The van der Waals surface area contributed by atoms with Crippen LogP contribution in [-0.2, 0) is 16.1 Å². The number of ether oxygens (including phenoxy) is 1. The zero-order valence-electron chi connectivity index (χ0n) is 16.9. The molecule has 0 aromatic heterocycles. The third kappa shape index (κ3) is 6.76. The van der Waals surface area contributed by atoms with Crippen molar-refractivity contribution in [2.24, 2.45) is 11.5 Å². The van der Waals surface area contributed by atoms with Crippen LogP contribution in [0.4, 0.5) is 0 Å². The van der Waals surface area contributed by atoms with Crippen molar-refractivity contribution in [1.82, 2.24) is 15.5 Å². The highest BCUT2D eigenvalue weighted by molar-refractivity contribution is 5.93. The van der Waals surface area contributed by atoms with Crippen molar-refractivity contribution in [3.8, 4) is 0 Å². The van der Waals surface area contributed by atoms with Gasteiger partial charge in [-0.25, -0.2) is 0 Å². The van der Waals surface area contributed by atoms with Gasteiger partial charge in [-0.15, -0.1) is 0 Å². The molecule has 0 saturated carbocycles. The SMILES string of the molecule is CC/C(=C\C=C(/N)C(N)NC)C(=O)NCC1COCCN1Cc1ccccc1. The van der Waals surface area contributed by atoms with Crippen molar-refractivity contribution >= 4 is 5.91 Å². The van der Waals surface area contributed by atoms with Crippen molar-refractivity contribution in [2.75, 3.05) is 33.4 Å². The zero-order chi connectivity index (χ0) is 20.4. The standard InChI is InChI=1S/C21H33N5O2/c1-3-17(9-10-19(22)20(23)24-2)21(27)25-13-18-15-28-12-11-26(18)14-16-7-5-4-6-8-16/h4-10,18,20,24H,3,11-15,22-23H2,1-2H3,(H,25,27)/b17-9+,19-10-. The molecule has 7 heteroatoms. The highest BCUT2D eigenvalue weighted by Crippen LogP contribution is 2.12. The highest BCUT2D eigenvalue weighted by atomic mass is 16.5. The van der Waals surface area contributed by atoms with E-state index in [0.29, 0.717) is 37.4 Å². The summed E-state index contributed by atoms with van der Waals surface area (Å²) < 4.78 is 5.63. The van der Waals surface area contributed by atoms with Crippen LogP contribution in [0, 0.1) is 0 Å². The molecule has 28 heavy (non-hydrogen) atoms. The van der Waals surface area contributed by atoms with Crippen LogP contribution >= 0.6 is 0 Å². The summed E-state index contributed by atoms with van der Waals surface area (Å²) in [6.07, 6.45) is 3.61. The Morgan fingerprint density at radius 1 is 1.36 bits per heavy atom. The number of morpholine rings is 1. The first kappa shape index (κ1) is 22.1. The van der Waals surface area contributed by atoms with E-state index in [-0.39, 0.29) is 11.9 Å². The third-order valence-electron chi connectivity index (χ3n) is 4.90. The smallest absolute Gasteiger partial charge is 0.247 e. The van der Waals surface area contributed by atoms with Gasteiger partial charge >= 0.3 is 0 Å². The number of allylic oxidation sites excluding steroid dienone is 2. The van der Waals surface area contributed by atoms with Gasteiger partial charge in [-0.05, 0) is 25.1 Å². The fourth-order valence-corrected chi connectivity index (χ4v) is 3.05. The number of carbonyl (C=O) groups excluding carboxylic acids is 1. The van der Waals surface area contributed by atoms with E-state index >= 15 is 0 Å². The molecule has 1 fully saturated rings. The van der Waals surface area contributed by atoms with Gasteiger partial charge in [0, 0.05) is 30.9 Å². The molecule has 1 aromatic rings. The Hall–Kier alpha value is -2.19. The van der Waals surface area contributed by atoms with Gasteiger partial charge < -0.3 is 26.8 Å². The molecule has 1 heterocycles. The summed E-state index contributed by atoms with van der Waals surface area (Å²) in [6.45, 7) is 5.52. The molecule has 2 rings (SSSR count). The van der Waals surface area contributed by atoms with Gasteiger partial charge in [0.1, 0.15) is 0 Å². The average Bonchev–Trinajstić information content (AvgIpc) is 2.73. The topological polar surface area (TPSA) is 106 Å². The summed E-state index contributed by atoms with van der Waals surface area (Å²) >= 11 is 0. The van der Waals surface area contributed by atoms with E-state index in [1.54, 1.807) is 19.2 Å². The van der Waals surface area contributed by atoms with Gasteiger partial charge in [-0.1, -0.05) is 43.3 Å². The minimum Gasteiger partial charge on any atom is -0.400 e. The lowest BCUT2D eigenvalue weighted by atomic mass is 10.1. The first-order valence-electron chi connectivity index (χ1n) is 9.78. The molecule has 2 atom stereocenters. The van der Waals surface area contributed by atoms with Crippen molar-refractivity contribution in [2.45, 2.75) is 32.1 Å². The molecule has 0 bridgehead atoms. The van der Waals surface area contributed by atoms with E-state index in [0.717, 1.165) is 13.1 Å². The minimum absolute atomic E-state index is 0.0881.